The van der Waals surface area contributed by atoms with Crippen molar-refractivity contribution in [2.45, 2.75) is 6.36 Å². The van der Waals surface area contributed by atoms with Crippen LogP contribution in [0.4, 0.5) is 18.9 Å². The standard InChI is InChI=1S/C8H7F3N2O3/c1-15-7(14)4-3-13-6(2-5(4)12)16-8(9,10)11/h2-3H,1H3,(H2,12,13). The first-order chi connectivity index (χ1) is 7.33. The van der Waals surface area contributed by atoms with Gasteiger partial charge in [0.2, 0.25) is 5.88 Å². The fourth-order valence-electron chi connectivity index (χ4n) is 0.906. The van der Waals surface area contributed by atoms with Gasteiger partial charge in [0.25, 0.3) is 0 Å². The van der Waals surface area contributed by atoms with Crippen molar-refractivity contribution in [1.82, 2.24) is 4.98 Å². The van der Waals surface area contributed by atoms with Crippen molar-refractivity contribution >= 4 is 11.7 Å². The van der Waals surface area contributed by atoms with Crippen molar-refractivity contribution in [2.75, 3.05) is 12.8 Å². The first-order valence-electron chi connectivity index (χ1n) is 3.93. The van der Waals surface area contributed by atoms with Gasteiger partial charge in [-0.3, -0.25) is 0 Å². The number of nitrogens with two attached hydrogens (primary N) is 1. The molecule has 16 heavy (non-hydrogen) atoms. The molecular weight excluding hydrogens is 229 g/mol. The van der Waals surface area contributed by atoms with Gasteiger partial charge in [0.1, 0.15) is 5.56 Å². The van der Waals surface area contributed by atoms with E-state index in [4.69, 9.17) is 5.73 Å². The van der Waals surface area contributed by atoms with Crippen LogP contribution in [0, 0.1) is 0 Å². The zero-order chi connectivity index (χ0) is 12.3. The molecule has 0 aliphatic heterocycles. The lowest BCUT2D eigenvalue weighted by Crippen LogP contribution is -2.18. The molecule has 0 atom stereocenters. The third-order valence-electron chi connectivity index (χ3n) is 1.54. The molecular formula is C8H7F3N2O3. The average molecular weight is 236 g/mol. The Bertz CT molecular complexity index is 406. The van der Waals surface area contributed by atoms with Gasteiger partial charge < -0.3 is 15.2 Å². The van der Waals surface area contributed by atoms with E-state index in [0.29, 0.717) is 0 Å². The number of esters is 1. The summed E-state index contributed by atoms with van der Waals surface area (Å²) in [4.78, 5) is 14.3. The highest BCUT2D eigenvalue weighted by Gasteiger charge is 2.32. The predicted molar refractivity (Wildman–Crippen MR) is 46.7 cm³/mol. The molecule has 0 aromatic carbocycles. The van der Waals surface area contributed by atoms with Crippen LogP contribution in [0.3, 0.4) is 0 Å². The molecule has 0 saturated carbocycles. The highest BCUT2D eigenvalue weighted by molar-refractivity contribution is 5.94. The van der Waals surface area contributed by atoms with Gasteiger partial charge in [0.05, 0.1) is 12.8 Å². The molecule has 2 N–H and O–H groups in total. The van der Waals surface area contributed by atoms with Crippen LogP contribution in [-0.2, 0) is 4.74 Å². The van der Waals surface area contributed by atoms with Gasteiger partial charge in [-0.15, -0.1) is 13.2 Å². The second-order valence-corrected chi connectivity index (χ2v) is 2.65. The number of aromatic nitrogens is 1. The van der Waals surface area contributed by atoms with Gasteiger partial charge in [-0.05, 0) is 0 Å². The van der Waals surface area contributed by atoms with Crippen molar-refractivity contribution < 1.29 is 27.4 Å². The zero-order valence-corrected chi connectivity index (χ0v) is 8.04. The van der Waals surface area contributed by atoms with Gasteiger partial charge in [-0.25, -0.2) is 9.78 Å². The van der Waals surface area contributed by atoms with Crippen molar-refractivity contribution in [1.29, 1.82) is 0 Å². The van der Waals surface area contributed by atoms with Crippen molar-refractivity contribution in [3.8, 4) is 5.88 Å². The summed E-state index contributed by atoms with van der Waals surface area (Å²) in [5.74, 6) is -1.53. The molecule has 1 rings (SSSR count). The van der Waals surface area contributed by atoms with Crippen LogP contribution in [0.25, 0.3) is 0 Å². The van der Waals surface area contributed by atoms with E-state index in [2.05, 4.69) is 14.5 Å². The Morgan fingerprint density at radius 1 is 1.50 bits per heavy atom. The van der Waals surface area contributed by atoms with Gasteiger partial charge in [-0.2, -0.15) is 0 Å². The lowest BCUT2D eigenvalue weighted by molar-refractivity contribution is -0.276. The molecule has 0 aliphatic rings. The number of methoxy groups -OCH3 is 1. The molecule has 0 spiro atoms. The zero-order valence-electron chi connectivity index (χ0n) is 8.04. The lowest BCUT2D eigenvalue weighted by atomic mass is 10.2. The number of alkyl halides is 3. The van der Waals surface area contributed by atoms with E-state index in [1.165, 1.54) is 0 Å². The van der Waals surface area contributed by atoms with E-state index in [0.717, 1.165) is 19.4 Å². The summed E-state index contributed by atoms with van der Waals surface area (Å²) >= 11 is 0. The maximum Gasteiger partial charge on any atom is 0.574 e. The minimum Gasteiger partial charge on any atom is -0.465 e. The second kappa shape index (κ2) is 4.25. The monoisotopic (exact) mass is 236 g/mol. The Morgan fingerprint density at radius 3 is 2.56 bits per heavy atom. The lowest BCUT2D eigenvalue weighted by Gasteiger charge is -2.09. The Morgan fingerprint density at radius 2 is 2.12 bits per heavy atom. The fraction of sp³-hybridized carbons (Fsp3) is 0.250. The minimum atomic E-state index is -4.85. The Hall–Kier alpha value is -1.99. The van der Waals surface area contributed by atoms with E-state index in [9.17, 15) is 18.0 Å². The fourth-order valence-corrected chi connectivity index (χ4v) is 0.906. The second-order valence-electron chi connectivity index (χ2n) is 2.65. The molecule has 1 aromatic heterocycles. The number of pyridine rings is 1. The summed E-state index contributed by atoms with van der Waals surface area (Å²) in [7, 11) is 1.11. The maximum atomic E-state index is 11.8. The first kappa shape index (κ1) is 12.1. The van der Waals surface area contributed by atoms with Crippen LogP contribution in [0.2, 0.25) is 0 Å². The van der Waals surface area contributed by atoms with Crippen LogP contribution in [-0.4, -0.2) is 24.4 Å². The molecule has 0 bridgehead atoms. The van der Waals surface area contributed by atoms with Gasteiger partial charge in [0.15, 0.2) is 0 Å². The normalized spacial score (nSPS) is 11.0. The molecule has 0 aliphatic carbocycles. The quantitative estimate of drug-likeness (QED) is 0.784. The molecule has 0 unspecified atom stereocenters. The summed E-state index contributed by atoms with van der Waals surface area (Å²) < 4.78 is 43.3. The SMILES string of the molecule is COC(=O)c1cnc(OC(F)(F)F)cc1N. The minimum absolute atomic E-state index is 0.128. The van der Waals surface area contributed by atoms with Gasteiger partial charge in [-0.1, -0.05) is 0 Å². The molecule has 88 valence electrons. The highest BCUT2D eigenvalue weighted by Crippen LogP contribution is 2.23. The molecule has 0 fully saturated rings. The van der Waals surface area contributed by atoms with E-state index in [-0.39, 0.29) is 11.3 Å². The number of anilines is 1. The summed E-state index contributed by atoms with van der Waals surface area (Å²) in [6.45, 7) is 0. The summed E-state index contributed by atoms with van der Waals surface area (Å²) in [6.07, 6.45) is -4.01. The summed E-state index contributed by atoms with van der Waals surface area (Å²) in [6, 6.07) is 0.791. The highest BCUT2D eigenvalue weighted by atomic mass is 19.4. The third-order valence-corrected chi connectivity index (χ3v) is 1.54. The van der Waals surface area contributed by atoms with Crippen LogP contribution in [0.5, 0.6) is 5.88 Å². The number of carbonyl (C=O) groups excluding carboxylic acids is 1. The van der Waals surface area contributed by atoms with Crippen LogP contribution in [0.15, 0.2) is 12.3 Å². The smallest absolute Gasteiger partial charge is 0.465 e. The largest absolute Gasteiger partial charge is 0.574 e. The van der Waals surface area contributed by atoms with Crippen molar-refractivity contribution in [2.24, 2.45) is 0 Å². The van der Waals surface area contributed by atoms with Crippen molar-refractivity contribution in [3.63, 3.8) is 0 Å². The van der Waals surface area contributed by atoms with Crippen molar-refractivity contribution in [3.05, 3.63) is 17.8 Å². The van der Waals surface area contributed by atoms with Crippen LogP contribution in [0.1, 0.15) is 10.4 Å². The summed E-state index contributed by atoms with van der Waals surface area (Å²) in [5, 5.41) is 0. The number of nitrogen functional groups attached to an aromatic ring is 1. The maximum absolute atomic E-state index is 11.8. The first-order valence-corrected chi connectivity index (χ1v) is 3.93. The molecule has 1 heterocycles. The number of hydrogen-bond donors (Lipinski definition) is 1. The molecule has 0 saturated heterocycles. The number of carbonyl (C=O) groups is 1. The number of hydrogen-bond acceptors (Lipinski definition) is 5. The van der Waals surface area contributed by atoms with E-state index >= 15 is 0 Å². The van der Waals surface area contributed by atoms with E-state index in [1.54, 1.807) is 0 Å². The van der Waals surface area contributed by atoms with E-state index < -0.39 is 18.2 Å². The molecule has 8 heteroatoms. The van der Waals surface area contributed by atoms with Crippen LogP contribution < -0.4 is 10.5 Å². The molecule has 0 amide bonds. The third kappa shape index (κ3) is 3.01. The molecule has 1 aromatic rings. The number of ether oxygens (including phenoxy) is 2. The number of halogens is 3. The Balaban J connectivity index is 2.96. The van der Waals surface area contributed by atoms with E-state index in [1.807, 2.05) is 0 Å². The number of nitrogens with zero attached hydrogens (tertiary/aromatic N) is 1. The molecule has 5 nitrogen and oxygen atoms in total. The number of rotatable bonds is 2. The Labute approximate surface area is 88.0 Å². The summed E-state index contributed by atoms with van der Waals surface area (Å²) in [5.41, 5.74) is 4.99. The molecule has 0 radical (unpaired) electrons. The van der Waals surface area contributed by atoms with Crippen LogP contribution >= 0.6 is 0 Å². The van der Waals surface area contributed by atoms with Gasteiger partial charge in [0, 0.05) is 12.3 Å². The predicted octanol–water partition coefficient (Wildman–Crippen LogP) is 1.35. The average Bonchev–Trinajstić information content (AvgIpc) is 2.14. The van der Waals surface area contributed by atoms with Gasteiger partial charge >= 0.3 is 12.3 Å². The Kier molecular flexibility index (Phi) is 3.21. The topological polar surface area (TPSA) is 74.4 Å².